The maximum absolute atomic E-state index is 5.71. The van der Waals surface area contributed by atoms with Crippen LogP contribution in [0.3, 0.4) is 0 Å². The van der Waals surface area contributed by atoms with Gasteiger partial charge in [0.15, 0.2) is 0 Å². The maximum atomic E-state index is 5.71. The number of H-pyrrole nitrogens is 1. The molecule has 1 aliphatic rings. The van der Waals surface area contributed by atoms with Crippen LogP contribution >= 0.6 is 0 Å². The highest BCUT2D eigenvalue weighted by Gasteiger charge is 2.25. The Morgan fingerprint density at radius 2 is 2.67 bits per heavy atom. The van der Waals surface area contributed by atoms with E-state index in [4.69, 9.17) is 4.74 Å². The summed E-state index contributed by atoms with van der Waals surface area (Å²) in [6.07, 6.45) is 7.30. The lowest BCUT2D eigenvalue weighted by Crippen LogP contribution is -2.41. The van der Waals surface area contributed by atoms with Gasteiger partial charge in [-0.05, 0) is 19.4 Å². The Labute approximate surface area is 90.4 Å². The third-order valence-corrected chi connectivity index (χ3v) is 2.85. The van der Waals surface area contributed by atoms with Crippen LogP contribution in [0.15, 0.2) is 12.4 Å². The molecule has 0 bridgehead atoms. The van der Waals surface area contributed by atoms with Gasteiger partial charge in [-0.1, -0.05) is 6.92 Å². The molecule has 0 spiro atoms. The van der Waals surface area contributed by atoms with Gasteiger partial charge in [0, 0.05) is 31.5 Å². The second kappa shape index (κ2) is 5.28. The molecule has 1 fully saturated rings. The van der Waals surface area contributed by atoms with Gasteiger partial charge < -0.3 is 15.0 Å². The number of likely N-dealkylation sites (N-methyl/N-ethyl adjacent to an activating group) is 1. The molecule has 0 saturated carbocycles. The molecule has 0 radical (unpaired) electrons. The van der Waals surface area contributed by atoms with E-state index in [9.17, 15) is 0 Å². The summed E-state index contributed by atoms with van der Waals surface area (Å²) in [7, 11) is 0. The Morgan fingerprint density at radius 1 is 1.73 bits per heavy atom. The minimum atomic E-state index is 0.357. The van der Waals surface area contributed by atoms with E-state index < -0.39 is 0 Å². The molecule has 0 amide bonds. The number of nitrogens with zero attached hydrogens (tertiary/aromatic N) is 1. The Kier molecular flexibility index (Phi) is 3.75. The molecule has 1 aromatic heterocycles. The second-order valence-electron chi connectivity index (χ2n) is 3.96. The van der Waals surface area contributed by atoms with Crippen molar-refractivity contribution in [1.29, 1.82) is 0 Å². The van der Waals surface area contributed by atoms with E-state index in [0.717, 1.165) is 25.4 Å². The number of aromatic amines is 1. The van der Waals surface area contributed by atoms with Crippen molar-refractivity contribution in [3.8, 4) is 0 Å². The van der Waals surface area contributed by atoms with Gasteiger partial charge >= 0.3 is 0 Å². The average molecular weight is 209 g/mol. The smallest absolute Gasteiger partial charge is 0.107 e. The third-order valence-electron chi connectivity index (χ3n) is 2.85. The summed E-state index contributed by atoms with van der Waals surface area (Å²) in [4.78, 5) is 7.40. The van der Waals surface area contributed by atoms with Crippen LogP contribution in [0.5, 0.6) is 0 Å². The molecule has 1 aliphatic heterocycles. The molecule has 0 aromatic carbocycles. The molecular formula is C11H19N3O. The predicted octanol–water partition coefficient (Wildman–Crippen LogP) is 1.11. The van der Waals surface area contributed by atoms with Gasteiger partial charge in [0.1, 0.15) is 5.82 Å². The van der Waals surface area contributed by atoms with E-state index in [0.29, 0.717) is 12.1 Å². The first-order valence-corrected chi connectivity index (χ1v) is 5.73. The lowest BCUT2D eigenvalue weighted by molar-refractivity contribution is 0.0783. The van der Waals surface area contributed by atoms with Gasteiger partial charge in [0.25, 0.3) is 0 Å². The van der Waals surface area contributed by atoms with Gasteiger partial charge in [-0.3, -0.25) is 0 Å². The fraction of sp³-hybridized carbons (Fsp3) is 0.727. The Hall–Kier alpha value is -0.870. The third kappa shape index (κ3) is 2.79. The minimum Gasteiger partial charge on any atom is -0.377 e. The quantitative estimate of drug-likeness (QED) is 0.763. The number of rotatable bonds is 5. The van der Waals surface area contributed by atoms with E-state index in [-0.39, 0.29) is 0 Å². The van der Waals surface area contributed by atoms with E-state index in [1.54, 1.807) is 6.20 Å². The number of hydrogen-bond donors (Lipinski definition) is 2. The van der Waals surface area contributed by atoms with E-state index >= 15 is 0 Å². The molecule has 15 heavy (non-hydrogen) atoms. The predicted molar refractivity (Wildman–Crippen MR) is 58.7 cm³/mol. The van der Waals surface area contributed by atoms with Gasteiger partial charge in [0.05, 0.1) is 6.10 Å². The van der Waals surface area contributed by atoms with Crippen molar-refractivity contribution in [3.05, 3.63) is 18.2 Å². The van der Waals surface area contributed by atoms with Crippen molar-refractivity contribution >= 4 is 0 Å². The highest BCUT2D eigenvalue weighted by Crippen LogP contribution is 2.17. The van der Waals surface area contributed by atoms with Crippen molar-refractivity contribution in [3.63, 3.8) is 0 Å². The summed E-state index contributed by atoms with van der Waals surface area (Å²) < 4.78 is 5.71. The van der Waals surface area contributed by atoms with Crippen molar-refractivity contribution in [1.82, 2.24) is 15.3 Å². The van der Waals surface area contributed by atoms with Gasteiger partial charge in [0.2, 0.25) is 0 Å². The van der Waals surface area contributed by atoms with Crippen molar-refractivity contribution in [2.24, 2.45) is 0 Å². The normalized spacial score (nSPS) is 23.1. The number of nitrogens with one attached hydrogen (secondary N) is 2. The van der Waals surface area contributed by atoms with Crippen LogP contribution in [0.4, 0.5) is 0 Å². The molecule has 2 atom stereocenters. The minimum absolute atomic E-state index is 0.357. The number of ether oxygens (including phenoxy) is 1. The molecule has 2 N–H and O–H groups in total. The van der Waals surface area contributed by atoms with Gasteiger partial charge in [-0.15, -0.1) is 0 Å². The summed E-state index contributed by atoms with van der Waals surface area (Å²) in [6, 6.07) is 0.392. The van der Waals surface area contributed by atoms with E-state index in [2.05, 4.69) is 22.2 Å². The summed E-state index contributed by atoms with van der Waals surface area (Å²) in [6.45, 7) is 4.01. The van der Waals surface area contributed by atoms with Crippen LogP contribution in [0.1, 0.15) is 25.6 Å². The zero-order chi connectivity index (χ0) is 10.5. The topological polar surface area (TPSA) is 49.9 Å². The fourth-order valence-electron chi connectivity index (χ4n) is 2.14. The fourth-order valence-corrected chi connectivity index (χ4v) is 2.14. The lowest BCUT2D eigenvalue weighted by atomic mass is 10.0. The first kappa shape index (κ1) is 10.6. The summed E-state index contributed by atoms with van der Waals surface area (Å²) in [5, 5.41) is 3.48. The monoisotopic (exact) mass is 209 g/mol. The molecule has 4 heteroatoms. The molecule has 4 nitrogen and oxygen atoms in total. The van der Waals surface area contributed by atoms with Gasteiger partial charge in [-0.2, -0.15) is 0 Å². The first-order chi connectivity index (χ1) is 7.40. The van der Waals surface area contributed by atoms with Crippen molar-refractivity contribution in [2.45, 2.75) is 38.3 Å². The molecule has 2 unspecified atom stereocenters. The highest BCUT2D eigenvalue weighted by molar-refractivity contribution is 4.94. The Bertz CT molecular complexity index is 267. The number of imidazole rings is 1. The van der Waals surface area contributed by atoms with Crippen LogP contribution in [0.25, 0.3) is 0 Å². The molecule has 2 heterocycles. The second-order valence-corrected chi connectivity index (χ2v) is 3.96. The number of hydrogen-bond acceptors (Lipinski definition) is 3. The lowest BCUT2D eigenvalue weighted by Gasteiger charge is -2.22. The van der Waals surface area contributed by atoms with Crippen LogP contribution in [-0.2, 0) is 11.2 Å². The number of aromatic nitrogens is 2. The molecule has 84 valence electrons. The van der Waals surface area contributed by atoms with Gasteiger partial charge in [-0.25, -0.2) is 4.98 Å². The zero-order valence-electron chi connectivity index (χ0n) is 9.20. The molecule has 1 aromatic rings. The SMILES string of the molecule is CCNC(Cc1ncc[nH]1)C1CCCO1. The van der Waals surface area contributed by atoms with E-state index in [1.807, 2.05) is 6.20 Å². The summed E-state index contributed by atoms with van der Waals surface area (Å²) in [5.74, 6) is 1.04. The average Bonchev–Trinajstić information content (AvgIpc) is 2.89. The van der Waals surface area contributed by atoms with Crippen molar-refractivity contribution < 1.29 is 4.74 Å². The molecule has 2 rings (SSSR count). The standard InChI is InChI=1S/C11H19N3O/c1-2-12-9(10-4-3-7-15-10)8-11-13-5-6-14-11/h5-6,9-10,12H,2-4,7-8H2,1H3,(H,13,14). The van der Waals surface area contributed by atoms with Crippen LogP contribution in [-0.4, -0.2) is 35.3 Å². The highest BCUT2D eigenvalue weighted by atomic mass is 16.5. The molecular weight excluding hydrogens is 190 g/mol. The van der Waals surface area contributed by atoms with Crippen molar-refractivity contribution in [2.75, 3.05) is 13.2 Å². The maximum Gasteiger partial charge on any atom is 0.107 e. The summed E-state index contributed by atoms with van der Waals surface area (Å²) in [5.41, 5.74) is 0. The largest absolute Gasteiger partial charge is 0.377 e. The molecule has 0 aliphatic carbocycles. The van der Waals surface area contributed by atoms with Crippen LogP contribution in [0, 0.1) is 0 Å². The van der Waals surface area contributed by atoms with E-state index in [1.165, 1.54) is 12.8 Å². The first-order valence-electron chi connectivity index (χ1n) is 5.73. The van der Waals surface area contributed by atoms with Crippen LogP contribution in [0.2, 0.25) is 0 Å². The van der Waals surface area contributed by atoms with Crippen LogP contribution < -0.4 is 5.32 Å². The molecule has 1 saturated heterocycles. The Morgan fingerprint density at radius 3 is 3.27 bits per heavy atom. The Balaban J connectivity index is 1.93. The zero-order valence-corrected chi connectivity index (χ0v) is 9.20. The summed E-state index contributed by atoms with van der Waals surface area (Å²) >= 11 is 0.